The van der Waals surface area contributed by atoms with E-state index < -0.39 is 0 Å². The number of hydrogen-bond donors (Lipinski definition) is 0. The Labute approximate surface area is 213 Å². The van der Waals surface area contributed by atoms with Crippen LogP contribution in [0.1, 0.15) is 63.6 Å². The van der Waals surface area contributed by atoms with Crippen LogP contribution in [0.25, 0.3) is 16.7 Å². The second-order valence-corrected chi connectivity index (χ2v) is 11.0. The fraction of sp³-hybridized carbons (Fsp3) is 0.323. The lowest BCUT2D eigenvalue weighted by Crippen LogP contribution is -2.21. The summed E-state index contributed by atoms with van der Waals surface area (Å²) in [5.41, 5.74) is 7.58. The van der Waals surface area contributed by atoms with Gasteiger partial charge in [-0.2, -0.15) is 0 Å². The molecule has 1 nitrogen and oxygen atoms in total. The van der Waals surface area contributed by atoms with Crippen molar-refractivity contribution in [1.29, 1.82) is 0 Å². The van der Waals surface area contributed by atoms with Gasteiger partial charge < -0.3 is 0 Å². The standard InChI is InChI=1S/C31H32Cl2O/c1-6-21-7-8-24(22-9-13-25(32)14-10-22)17-27(21)29-20(3)31(4,5)18-28(19(2)30(29)34)23-11-15-26(33)16-12-23/h7-17,19,28H,6,18H2,1-5H3/t19?,28-/m0/s1. The normalized spacial score (nSPS) is 20.4. The molecule has 0 fully saturated rings. The Kier molecular flexibility index (Phi) is 7.08. The molecule has 0 spiro atoms. The Bertz CT molecular complexity index is 1230. The van der Waals surface area contributed by atoms with E-state index in [4.69, 9.17) is 23.2 Å². The quantitative estimate of drug-likeness (QED) is 0.355. The third-order valence-corrected chi connectivity index (χ3v) is 8.12. The van der Waals surface area contributed by atoms with Gasteiger partial charge in [0.2, 0.25) is 0 Å². The van der Waals surface area contributed by atoms with E-state index in [9.17, 15) is 4.79 Å². The van der Waals surface area contributed by atoms with E-state index in [1.54, 1.807) is 0 Å². The van der Waals surface area contributed by atoms with Crippen molar-refractivity contribution >= 4 is 34.6 Å². The molecule has 1 unspecified atom stereocenters. The number of benzene rings is 3. The molecule has 3 heteroatoms. The van der Waals surface area contributed by atoms with Crippen LogP contribution >= 0.6 is 23.2 Å². The average molecular weight is 492 g/mol. The molecule has 0 bridgehead atoms. The summed E-state index contributed by atoms with van der Waals surface area (Å²) >= 11 is 12.3. The van der Waals surface area contributed by atoms with Crippen LogP contribution in [0.15, 0.2) is 72.3 Å². The van der Waals surface area contributed by atoms with Crippen molar-refractivity contribution in [3.8, 4) is 11.1 Å². The van der Waals surface area contributed by atoms with Gasteiger partial charge in [-0.15, -0.1) is 0 Å². The summed E-state index contributed by atoms with van der Waals surface area (Å²) in [5, 5.41) is 1.44. The van der Waals surface area contributed by atoms with Gasteiger partial charge >= 0.3 is 0 Å². The highest BCUT2D eigenvalue weighted by Crippen LogP contribution is 2.49. The van der Waals surface area contributed by atoms with Crippen molar-refractivity contribution < 1.29 is 4.79 Å². The van der Waals surface area contributed by atoms with Gasteiger partial charge in [0.25, 0.3) is 0 Å². The zero-order chi connectivity index (χ0) is 24.6. The number of carbonyl (C=O) groups excluding carboxylic acids is 1. The molecule has 4 rings (SSSR count). The van der Waals surface area contributed by atoms with Crippen molar-refractivity contribution in [3.05, 3.63) is 99.0 Å². The fourth-order valence-electron chi connectivity index (χ4n) is 5.20. The molecule has 2 atom stereocenters. The molecule has 3 aromatic carbocycles. The predicted molar refractivity (Wildman–Crippen MR) is 146 cm³/mol. The molecule has 1 aliphatic carbocycles. The van der Waals surface area contributed by atoms with Gasteiger partial charge in [0.1, 0.15) is 0 Å². The minimum atomic E-state index is -0.128. The van der Waals surface area contributed by atoms with Gasteiger partial charge in [-0.1, -0.05) is 92.9 Å². The Hall–Kier alpha value is -2.35. The van der Waals surface area contributed by atoms with Gasteiger partial charge in [0, 0.05) is 21.5 Å². The third kappa shape index (κ3) is 4.74. The lowest BCUT2D eigenvalue weighted by atomic mass is 9.73. The number of carbonyl (C=O) groups is 1. The van der Waals surface area contributed by atoms with Gasteiger partial charge in [-0.05, 0) is 89.2 Å². The first-order valence-electron chi connectivity index (χ1n) is 12.0. The summed E-state index contributed by atoms with van der Waals surface area (Å²) < 4.78 is 0. The second kappa shape index (κ2) is 9.72. The topological polar surface area (TPSA) is 17.1 Å². The molecule has 0 N–H and O–H groups in total. The number of hydrogen-bond acceptors (Lipinski definition) is 1. The van der Waals surface area contributed by atoms with Crippen LogP contribution in [0.4, 0.5) is 0 Å². The second-order valence-electron chi connectivity index (χ2n) is 10.1. The van der Waals surface area contributed by atoms with Crippen LogP contribution in [0.2, 0.25) is 10.0 Å². The number of halogens is 2. The van der Waals surface area contributed by atoms with E-state index in [1.165, 1.54) is 16.7 Å². The van der Waals surface area contributed by atoms with Gasteiger partial charge in [-0.25, -0.2) is 0 Å². The first-order chi connectivity index (χ1) is 16.1. The van der Waals surface area contributed by atoms with E-state index in [0.717, 1.165) is 45.2 Å². The molecule has 1 aliphatic rings. The fourth-order valence-corrected chi connectivity index (χ4v) is 5.46. The van der Waals surface area contributed by atoms with Crippen LogP contribution in [-0.2, 0) is 11.2 Å². The largest absolute Gasteiger partial charge is 0.294 e. The SMILES string of the molecule is CCc1ccc(-c2ccc(Cl)cc2)cc1C1=C(C)C(C)(C)C[C@H](c2ccc(Cl)cc2)C(C)C1=O. The molecular weight excluding hydrogens is 459 g/mol. The van der Waals surface area contributed by atoms with Gasteiger partial charge in [-0.3, -0.25) is 4.79 Å². The Morgan fingerprint density at radius 1 is 0.882 bits per heavy atom. The number of rotatable bonds is 4. The summed E-state index contributed by atoms with van der Waals surface area (Å²) in [6, 6.07) is 22.4. The highest BCUT2D eigenvalue weighted by molar-refractivity contribution is 6.31. The molecule has 0 radical (unpaired) electrons. The van der Waals surface area contributed by atoms with Crippen LogP contribution < -0.4 is 0 Å². The van der Waals surface area contributed by atoms with Crippen molar-refractivity contribution in [1.82, 2.24) is 0 Å². The van der Waals surface area contributed by atoms with Crippen LogP contribution in [0.5, 0.6) is 0 Å². The third-order valence-electron chi connectivity index (χ3n) is 7.62. The molecule has 3 aromatic rings. The summed E-state index contributed by atoms with van der Waals surface area (Å²) in [4.78, 5) is 14.2. The van der Waals surface area contributed by atoms with E-state index in [1.807, 2.05) is 36.4 Å². The number of aryl methyl sites for hydroxylation is 1. The van der Waals surface area contributed by atoms with Gasteiger partial charge in [0.15, 0.2) is 5.78 Å². The first kappa shape index (κ1) is 24.8. The zero-order valence-corrected chi connectivity index (χ0v) is 22.1. The maximum Gasteiger partial charge on any atom is 0.166 e. The molecule has 0 aromatic heterocycles. The van der Waals surface area contributed by atoms with Crippen LogP contribution in [0.3, 0.4) is 0 Å². The number of allylic oxidation sites excluding steroid dienone is 2. The minimum Gasteiger partial charge on any atom is -0.294 e. The minimum absolute atomic E-state index is 0.124. The first-order valence-corrected chi connectivity index (χ1v) is 12.8. The Morgan fingerprint density at radius 3 is 2.03 bits per heavy atom. The molecule has 0 heterocycles. The summed E-state index contributed by atoms with van der Waals surface area (Å²) in [7, 11) is 0. The van der Waals surface area contributed by atoms with Gasteiger partial charge in [0.05, 0.1) is 0 Å². The van der Waals surface area contributed by atoms with Crippen LogP contribution in [-0.4, -0.2) is 5.78 Å². The highest BCUT2D eigenvalue weighted by Gasteiger charge is 2.40. The van der Waals surface area contributed by atoms with Crippen molar-refractivity contribution in [2.24, 2.45) is 11.3 Å². The molecule has 0 saturated heterocycles. The summed E-state index contributed by atoms with van der Waals surface area (Å²) in [6.07, 6.45) is 1.78. The lowest BCUT2D eigenvalue weighted by Gasteiger charge is -2.30. The zero-order valence-electron chi connectivity index (χ0n) is 20.6. The van der Waals surface area contributed by atoms with E-state index in [-0.39, 0.29) is 23.0 Å². The molecular formula is C31H32Cl2O. The van der Waals surface area contributed by atoms with E-state index >= 15 is 0 Å². The smallest absolute Gasteiger partial charge is 0.166 e. The highest BCUT2D eigenvalue weighted by atomic mass is 35.5. The Morgan fingerprint density at radius 2 is 1.44 bits per heavy atom. The lowest BCUT2D eigenvalue weighted by molar-refractivity contribution is -0.117. The molecule has 0 amide bonds. The van der Waals surface area contributed by atoms with E-state index in [0.29, 0.717) is 0 Å². The number of Topliss-reactive ketones (excluding diaryl/α,β-unsaturated/α-hetero) is 1. The van der Waals surface area contributed by atoms with Crippen LogP contribution in [0, 0.1) is 11.3 Å². The monoisotopic (exact) mass is 490 g/mol. The maximum atomic E-state index is 14.2. The Balaban J connectivity index is 1.86. The average Bonchev–Trinajstić information content (AvgIpc) is 2.89. The van der Waals surface area contributed by atoms with Crippen molar-refractivity contribution in [2.45, 2.75) is 53.4 Å². The maximum absolute atomic E-state index is 14.2. The molecule has 0 saturated carbocycles. The number of ketones is 1. The van der Waals surface area contributed by atoms with E-state index in [2.05, 4.69) is 65.0 Å². The molecule has 34 heavy (non-hydrogen) atoms. The molecule has 0 aliphatic heterocycles. The predicted octanol–water partition coefficient (Wildman–Crippen LogP) is 9.42. The summed E-state index contributed by atoms with van der Waals surface area (Å²) in [6.45, 7) is 10.9. The van der Waals surface area contributed by atoms with Crippen molar-refractivity contribution in [3.63, 3.8) is 0 Å². The molecule has 176 valence electrons. The summed E-state index contributed by atoms with van der Waals surface area (Å²) in [5.74, 6) is 0.236. The van der Waals surface area contributed by atoms with Crippen molar-refractivity contribution in [2.75, 3.05) is 0 Å².